The highest BCUT2D eigenvalue weighted by molar-refractivity contribution is 5.69. The first-order valence-corrected chi connectivity index (χ1v) is 6.80. The number of carbonyl (C=O) groups is 1. The highest BCUT2D eigenvalue weighted by Crippen LogP contribution is 2.14. The highest BCUT2D eigenvalue weighted by Gasteiger charge is 2.25. The molecular weight excluding hydrogens is 250 g/mol. The monoisotopic (exact) mass is 273 g/mol. The van der Waals surface area contributed by atoms with Crippen LogP contribution in [0.3, 0.4) is 0 Å². The third-order valence-electron chi connectivity index (χ3n) is 2.80. The van der Waals surface area contributed by atoms with E-state index in [1.54, 1.807) is 4.90 Å². The van der Waals surface area contributed by atoms with Gasteiger partial charge in [0.1, 0.15) is 5.60 Å². The summed E-state index contributed by atoms with van der Waals surface area (Å²) in [7, 11) is 0. The molecule has 0 spiro atoms. The van der Waals surface area contributed by atoms with Crippen LogP contribution in [0.4, 0.5) is 4.79 Å². The molecule has 0 aliphatic heterocycles. The third kappa shape index (κ3) is 5.36. The minimum Gasteiger partial charge on any atom is -0.444 e. The molecule has 0 bridgehead atoms. The zero-order chi connectivity index (χ0) is 15.2. The van der Waals surface area contributed by atoms with Crippen molar-refractivity contribution in [2.75, 3.05) is 6.54 Å². The lowest BCUT2D eigenvalue weighted by Gasteiger charge is -2.30. The summed E-state index contributed by atoms with van der Waals surface area (Å²) >= 11 is 0. The minimum atomic E-state index is -0.517. The van der Waals surface area contributed by atoms with E-state index in [-0.39, 0.29) is 18.7 Å². The molecule has 0 radical (unpaired) electrons. The molecule has 0 saturated carbocycles. The van der Waals surface area contributed by atoms with Crippen LogP contribution in [0.15, 0.2) is 30.3 Å². The molecule has 0 N–H and O–H groups in total. The van der Waals surface area contributed by atoms with Crippen LogP contribution in [-0.2, 0) is 11.2 Å². The number of benzene rings is 1. The topological polar surface area (TPSA) is 29.5 Å². The second-order valence-electron chi connectivity index (χ2n) is 5.85. The molecule has 1 rings (SSSR count). The summed E-state index contributed by atoms with van der Waals surface area (Å²) in [4.78, 5) is 13.8. The van der Waals surface area contributed by atoms with Gasteiger partial charge in [0.2, 0.25) is 0 Å². The Kier molecular flexibility index (Phi) is 5.64. The van der Waals surface area contributed by atoms with Gasteiger partial charge in [-0.2, -0.15) is 0 Å². The molecule has 3 heteroatoms. The fourth-order valence-corrected chi connectivity index (χ4v) is 1.88. The van der Waals surface area contributed by atoms with Gasteiger partial charge in [-0.15, -0.1) is 6.42 Å². The van der Waals surface area contributed by atoms with E-state index in [0.29, 0.717) is 0 Å². The van der Waals surface area contributed by atoms with Gasteiger partial charge in [0.05, 0.1) is 6.54 Å². The van der Waals surface area contributed by atoms with Crippen molar-refractivity contribution in [2.24, 2.45) is 0 Å². The van der Waals surface area contributed by atoms with Gasteiger partial charge in [-0.25, -0.2) is 4.79 Å². The van der Waals surface area contributed by atoms with Gasteiger partial charge < -0.3 is 4.74 Å². The smallest absolute Gasteiger partial charge is 0.411 e. The van der Waals surface area contributed by atoms with Gasteiger partial charge in [-0.1, -0.05) is 36.3 Å². The summed E-state index contributed by atoms with van der Waals surface area (Å²) in [6, 6.07) is 10.0. The van der Waals surface area contributed by atoms with Crippen LogP contribution in [0, 0.1) is 12.3 Å². The second-order valence-corrected chi connectivity index (χ2v) is 5.85. The average molecular weight is 273 g/mol. The normalized spacial score (nSPS) is 12.3. The number of ether oxygens (including phenoxy) is 1. The van der Waals surface area contributed by atoms with Gasteiger partial charge in [-0.3, -0.25) is 4.90 Å². The lowest BCUT2D eigenvalue weighted by atomic mass is 10.1. The molecule has 3 nitrogen and oxygen atoms in total. The Morgan fingerprint density at radius 1 is 1.35 bits per heavy atom. The van der Waals surface area contributed by atoms with Crippen molar-refractivity contribution in [3.05, 3.63) is 35.9 Å². The van der Waals surface area contributed by atoms with Crippen molar-refractivity contribution in [3.8, 4) is 12.3 Å². The molecule has 108 valence electrons. The van der Waals surface area contributed by atoms with Gasteiger partial charge in [0.15, 0.2) is 0 Å². The Morgan fingerprint density at radius 2 is 1.95 bits per heavy atom. The Hall–Kier alpha value is -1.95. The maximum Gasteiger partial charge on any atom is 0.411 e. The van der Waals surface area contributed by atoms with Gasteiger partial charge >= 0.3 is 6.09 Å². The molecule has 1 atom stereocenters. The number of amides is 1. The molecule has 1 unspecified atom stereocenters. The molecule has 0 fully saturated rings. The molecular formula is C17H23NO2. The Morgan fingerprint density at radius 3 is 2.45 bits per heavy atom. The Bertz CT molecular complexity index is 468. The van der Waals surface area contributed by atoms with Crippen LogP contribution in [0.25, 0.3) is 0 Å². The van der Waals surface area contributed by atoms with Crippen LogP contribution in [0.5, 0.6) is 0 Å². The van der Waals surface area contributed by atoms with Gasteiger partial charge in [0, 0.05) is 6.04 Å². The van der Waals surface area contributed by atoms with Crippen LogP contribution >= 0.6 is 0 Å². The average Bonchev–Trinajstić information content (AvgIpc) is 2.34. The maximum absolute atomic E-state index is 12.2. The molecule has 0 aliphatic rings. The van der Waals surface area contributed by atoms with E-state index in [1.807, 2.05) is 58.0 Å². The zero-order valence-corrected chi connectivity index (χ0v) is 12.7. The van der Waals surface area contributed by atoms with Crippen molar-refractivity contribution in [1.82, 2.24) is 4.90 Å². The summed E-state index contributed by atoms with van der Waals surface area (Å²) in [6.07, 6.45) is 5.75. The summed E-state index contributed by atoms with van der Waals surface area (Å²) in [5.41, 5.74) is 0.654. The Labute approximate surface area is 121 Å². The lowest BCUT2D eigenvalue weighted by Crippen LogP contribution is -2.43. The number of nitrogens with zero attached hydrogens (tertiary/aromatic N) is 1. The lowest BCUT2D eigenvalue weighted by molar-refractivity contribution is 0.0207. The van der Waals surface area contributed by atoms with Crippen molar-refractivity contribution >= 4 is 6.09 Å². The van der Waals surface area contributed by atoms with Crippen LogP contribution in [0.1, 0.15) is 33.3 Å². The largest absolute Gasteiger partial charge is 0.444 e. The maximum atomic E-state index is 12.2. The fourth-order valence-electron chi connectivity index (χ4n) is 1.88. The SMILES string of the molecule is C#CCN(C(=O)OC(C)(C)C)C(C)Cc1ccccc1. The summed E-state index contributed by atoms with van der Waals surface area (Å²) in [6.45, 7) is 7.78. The first-order chi connectivity index (χ1) is 9.33. The van der Waals surface area contributed by atoms with E-state index in [2.05, 4.69) is 5.92 Å². The van der Waals surface area contributed by atoms with E-state index in [0.717, 1.165) is 6.42 Å². The van der Waals surface area contributed by atoms with Crippen molar-refractivity contribution in [2.45, 2.75) is 45.8 Å². The van der Waals surface area contributed by atoms with E-state index in [9.17, 15) is 4.79 Å². The zero-order valence-electron chi connectivity index (χ0n) is 12.7. The van der Waals surface area contributed by atoms with Crippen molar-refractivity contribution in [1.29, 1.82) is 0 Å². The minimum absolute atomic E-state index is 0.0108. The van der Waals surface area contributed by atoms with Crippen molar-refractivity contribution in [3.63, 3.8) is 0 Å². The molecule has 1 aromatic rings. The van der Waals surface area contributed by atoms with E-state index < -0.39 is 5.60 Å². The molecule has 0 saturated heterocycles. The van der Waals surface area contributed by atoms with E-state index in [1.165, 1.54) is 5.56 Å². The molecule has 1 amide bonds. The second kappa shape index (κ2) is 7.00. The standard InChI is InChI=1S/C17H23NO2/c1-6-12-18(16(19)20-17(3,4)5)14(2)13-15-10-8-7-9-11-15/h1,7-11,14H,12-13H2,2-5H3. The summed E-state index contributed by atoms with van der Waals surface area (Å²) in [5.74, 6) is 2.53. The number of carbonyl (C=O) groups excluding carboxylic acids is 1. The van der Waals surface area contributed by atoms with Crippen molar-refractivity contribution < 1.29 is 9.53 Å². The Balaban J connectivity index is 2.75. The number of rotatable bonds is 4. The first-order valence-electron chi connectivity index (χ1n) is 6.80. The number of hydrogen-bond donors (Lipinski definition) is 0. The molecule has 1 aromatic carbocycles. The predicted molar refractivity (Wildman–Crippen MR) is 81.4 cm³/mol. The van der Waals surface area contributed by atoms with E-state index in [4.69, 9.17) is 11.2 Å². The fraction of sp³-hybridized carbons (Fsp3) is 0.471. The highest BCUT2D eigenvalue weighted by atomic mass is 16.6. The van der Waals surface area contributed by atoms with Gasteiger partial charge in [0.25, 0.3) is 0 Å². The summed E-state index contributed by atoms with van der Waals surface area (Å²) < 4.78 is 5.40. The number of terminal acetylenes is 1. The number of hydrogen-bond acceptors (Lipinski definition) is 2. The quantitative estimate of drug-likeness (QED) is 0.786. The van der Waals surface area contributed by atoms with Crippen LogP contribution < -0.4 is 0 Å². The molecule has 0 aliphatic carbocycles. The molecule has 20 heavy (non-hydrogen) atoms. The summed E-state index contributed by atoms with van der Waals surface area (Å²) in [5, 5.41) is 0. The first kappa shape index (κ1) is 16.1. The van der Waals surface area contributed by atoms with Crippen LogP contribution in [0.2, 0.25) is 0 Å². The molecule has 0 aromatic heterocycles. The van der Waals surface area contributed by atoms with E-state index >= 15 is 0 Å². The predicted octanol–water partition coefficient (Wildman–Crippen LogP) is 3.49. The molecule has 0 heterocycles. The van der Waals surface area contributed by atoms with Gasteiger partial charge in [-0.05, 0) is 39.7 Å². The van der Waals surface area contributed by atoms with Crippen LogP contribution in [-0.4, -0.2) is 29.2 Å². The third-order valence-corrected chi connectivity index (χ3v) is 2.80.